The molecule has 2 amide bonds. The van der Waals surface area contributed by atoms with Gasteiger partial charge >= 0.3 is 0 Å². The maximum Gasteiger partial charge on any atom is 0.257 e. The van der Waals surface area contributed by atoms with Crippen LogP contribution in [0.2, 0.25) is 5.02 Å². The zero-order valence-corrected chi connectivity index (χ0v) is 19.5. The largest absolute Gasteiger partial charge is 0.496 e. The number of anilines is 1. The number of methoxy groups -OCH3 is 1. The molecule has 0 aliphatic carbocycles. The molecule has 1 N–H and O–H groups in total. The zero-order valence-electron chi connectivity index (χ0n) is 15.8. The predicted octanol–water partition coefficient (Wildman–Crippen LogP) is 5.02. The van der Waals surface area contributed by atoms with Crippen LogP contribution in [0.1, 0.15) is 27.5 Å². The summed E-state index contributed by atoms with van der Waals surface area (Å²) < 4.78 is 34.4. The van der Waals surface area contributed by atoms with Crippen LogP contribution >= 0.6 is 45.5 Å². The van der Waals surface area contributed by atoms with E-state index in [1.54, 1.807) is 5.38 Å². The molecule has 4 rings (SSSR count). The smallest absolute Gasteiger partial charge is 0.257 e. The van der Waals surface area contributed by atoms with Crippen LogP contribution in [0.5, 0.6) is 5.75 Å². The Morgan fingerprint density at radius 1 is 1.39 bits per heavy atom. The van der Waals surface area contributed by atoms with Gasteiger partial charge in [-0.05, 0) is 46.9 Å². The van der Waals surface area contributed by atoms with Crippen molar-refractivity contribution in [3.8, 4) is 5.75 Å². The summed E-state index contributed by atoms with van der Waals surface area (Å²) in [6.07, 6.45) is 1.51. The predicted molar refractivity (Wildman–Crippen MR) is 120 cm³/mol. The zero-order chi connectivity index (χ0) is 22.3. The van der Waals surface area contributed by atoms with Gasteiger partial charge < -0.3 is 9.64 Å². The monoisotopic (exact) mass is 575 g/mol. The van der Waals surface area contributed by atoms with Gasteiger partial charge in [0, 0.05) is 26.3 Å². The van der Waals surface area contributed by atoms with Crippen LogP contribution in [0.15, 0.2) is 35.8 Å². The van der Waals surface area contributed by atoms with Crippen molar-refractivity contribution < 1.29 is 23.1 Å². The molecule has 1 aliphatic rings. The third-order valence-electron chi connectivity index (χ3n) is 4.78. The van der Waals surface area contributed by atoms with E-state index >= 15 is 0 Å². The van der Waals surface area contributed by atoms with Crippen LogP contribution in [0, 0.1) is 15.2 Å². The summed E-state index contributed by atoms with van der Waals surface area (Å²) in [5, 5.41) is 4.70. The van der Waals surface area contributed by atoms with Crippen molar-refractivity contribution in [3.63, 3.8) is 0 Å². The molecule has 31 heavy (non-hydrogen) atoms. The van der Waals surface area contributed by atoms with Crippen LogP contribution in [0.4, 0.5) is 13.9 Å². The molecule has 0 saturated heterocycles. The van der Waals surface area contributed by atoms with E-state index in [0.717, 1.165) is 11.0 Å². The average Bonchev–Trinajstić information content (AvgIpc) is 3.35. The molecule has 11 heteroatoms. The topological polar surface area (TPSA) is 71.5 Å². The number of fused-ring (bicyclic) bond motifs is 1. The molecule has 0 radical (unpaired) electrons. The number of nitrogens with zero attached hydrogens (tertiary/aromatic N) is 2. The lowest BCUT2D eigenvalue weighted by molar-refractivity contribution is -0.120. The minimum absolute atomic E-state index is 0.00603. The summed E-state index contributed by atoms with van der Waals surface area (Å²) in [6.45, 7) is -0.216. The summed E-state index contributed by atoms with van der Waals surface area (Å²) in [7, 11) is 1.37. The Bertz CT molecular complexity index is 1190. The molecule has 1 aromatic heterocycles. The molecule has 0 spiro atoms. The highest BCUT2D eigenvalue weighted by molar-refractivity contribution is 14.1. The van der Waals surface area contributed by atoms with Crippen molar-refractivity contribution in [2.45, 2.75) is 12.6 Å². The fourth-order valence-electron chi connectivity index (χ4n) is 3.43. The first kappa shape index (κ1) is 21.9. The number of amides is 2. The number of hydrogen-bond donors (Lipinski definition) is 1. The van der Waals surface area contributed by atoms with Gasteiger partial charge in [-0.3, -0.25) is 14.9 Å². The Labute approximate surface area is 198 Å². The number of aromatic nitrogens is 1. The normalized spacial score (nSPS) is 13.8. The van der Waals surface area contributed by atoms with Crippen LogP contribution in [0.25, 0.3) is 0 Å². The minimum Gasteiger partial charge on any atom is -0.496 e. The Hall–Kier alpha value is -2.31. The first-order valence-corrected chi connectivity index (χ1v) is 11.2. The summed E-state index contributed by atoms with van der Waals surface area (Å²) in [5.74, 6) is -2.31. The summed E-state index contributed by atoms with van der Waals surface area (Å²) in [4.78, 5) is 31.7. The van der Waals surface area contributed by atoms with Gasteiger partial charge in [0.05, 0.1) is 24.2 Å². The number of thiazole rings is 1. The van der Waals surface area contributed by atoms with Crippen LogP contribution in [0.3, 0.4) is 0 Å². The second-order valence-corrected chi connectivity index (χ2v) is 8.99. The molecule has 0 saturated carbocycles. The van der Waals surface area contributed by atoms with E-state index in [1.165, 1.54) is 42.8 Å². The fraction of sp³-hybridized carbons (Fsp3) is 0.150. The lowest BCUT2D eigenvalue weighted by atomic mass is 10.0. The second-order valence-electron chi connectivity index (χ2n) is 6.56. The van der Waals surface area contributed by atoms with Gasteiger partial charge in [-0.2, -0.15) is 0 Å². The molecule has 2 heterocycles. The van der Waals surface area contributed by atoms with E-state index in [0.29, 0.717) is 8.70 Å². The van der Waals surface area contributed by atoms with Crippen molar-refractivity contribution in [2.24, 2.45) is 0 Å². The van der Waals surface area contributed by atoms with Gasteiger partial charge in [0.1, 0.15) is 23.4 Å². The molecular formula is C20H13ClF2IN3O3S. The second kappa shape index (κ2) is 8.67. The molecule has 6 nitrogen and oxygen atoms in total. The quantitative estimate of drug-likeness (QED) is 0.343. The number of rotatable bonds is 5. The lowest BCUT2D eigenvalue weighted by Crippen LogP contribution is -2.38. The Morgan fingerprint density at radius 2 is 2.16 bits per heavy atom. The fourth-order valence-corrected chi connectivity index (χ4v) is 4.76. The van der Waals surface area contributed by atoms with E-state index < -0.39 is 29.5 Å². The highest BCUT2D eigenvalue weighted by Gasteiger charge is 2.42. The SMILES string of the molecule is COc1ccc(F)cc1[C@H](C(=O)Nc1nccs1)N1Cc2c(F)cc(I)c(Cl)c2C1=O. The Morgan fingerprint density at radius 3 is 2.84 bits per heavy atom. The summed E-state index contributed by atoms with van der Waals surface area (Å²) >= 11 is 9.30. The van der Waals surface area contributed by atoms with Gasteiger partial charge in [0.2, 0.25) is 0 Å². The lowest BCUT2D eigenvalue weighted by Gasteiger charge is -2.28. The van der Waals surface area contributed by atoms with Gasteiger partial charge in [-0.15, -0.1) is 11.3 Å². The number of ether oxygens (including phenoxy) is 1. The Kier molecular flexibility index (Phi) is 6.13. The van der Waals surface area contributed by atoms with E-state index in [4.69, 9.17) is 16.3 Å². The molecule has 1 atom stereocenters. The highest BCUT2D eigenvalue weighted by atomic mass is 127. The maximum absolute atomic E-state index is 14.6. The van der Waals surface area contributed by atoms with Crippen molar-refractivity contribution >= 4 is 62.5 Å². The van der Waals surface area contributed by atoms with Crippen molar-refractivity contribution in [1.29, 1.82) is 0 Å². The third-order valence-corrected chi connectivity index (χ3v) is 7.04. The van der Waals surface area contributed by atoms with Gasteiger partial charge in [-0.25, -0.2) is 13.8 Å². The molecule has 3 aromatic rings. The van der Waals surface area contributed by atoms with Crippen LogP contribution < -0.4 is 10.1 Å². The Balaban J connectivity index is 1.83. The highest BCUT2D eigenvalue weighted by Crippen LogP contribution is 2.40. The van der Waals surface area contributed by atoms with Gasteiger partial charge in [-0.1, -0.05) is 11.6 Å². The van der Waals surface area contributed by atoms with Gasteiger partial charge in [0.15, 0.2) is 5.13 Å². The number of nitrogens with one attached hydrogen (secondary N) is 1. The third kappa shape index (κ3) is 3.99. The first-order valence-electron chi connectivity index (χ1n) is 8.83. The van der Waals surface area contributed by atoms with Crippen LogP contribution in [-0.2, 0) is 11.3 Å². The molecule has 0 unspecified atom stereocenters. The van der Waals surface area contributed by atoms with E-state index in [9.17, 15) is 18.4 Å². The minimum atomic E-state index is -1.32. The summed E-state index contributed by atoms with van der Waals surface area (Å²) in [6, 6.07) is 3.56. The molecule has 0 fully saturated rings. The van der Waals surface area contributed by atoms with Crippen LogP contribution in [-0.4, -0.2) is 28.8 Å². The van der Waals surface area contributed by atoms with Crippen molar-refractivity contribution in [3.05, 3.63) is 72.8 Å². The average molecular weight is 576 g/mol. The van der Waals surface area contributed by atoms with E-state index in [1.807, 2.05) is 22.6 Å². The molecule has 2 aromatic carbocycles. The molecular weight excluding hydrogens is 563 g/mol. The number of carbonyl (C=O) groups is 2. The number of benzene rings is 2. The van der Waals surface area contributed by atoms with E-state index in [-0.39, 0.29) is 34.0 Å². The number of carbonyl (C=O) groups excluding carboxylic acids is 2. The van der Waals surface area contributed by atoms with Gasteiger partial charge in [0.25, 0.3) is 11.8 Å². The molecule has 1 aliphatic heterocycles. The molecule has 160 valence electrons. The van der Waals surface area contributed by atoms with Crippen molar-refractivity contribution in [1.82, 2.24) is 9.88 Å². The number of halogens is 4. The maximum atomic E-state index is 14.6. The van der Waals surface area contributed by atoms with Crippen molar-refractivity contribution in [2.75, 3.05) is 12.4 Å². The standard InChI is InChI=1S/C20H13ClF2IN3O3S/c1-30-14-3-2-9(22)6-10(14)17(18(28)26-20-25-4-5-31-20)27-8-11-12(23)7-13(24)16(21)15(11)19(27)29/h2-7,17H,8H2,1H3,(H,25,26,28)/t17-/m1/s1. The van der Waals surface area contributed by atoms with E-state index in [2.05, 4.69) is 10.3 Å². The molecule has 0 bridgehead atoms. The number of hydrogen-bond acceptors (Lipinski definition) is 5. The summed E-state index contributed by atoms with van der Waals surface area (Å²) in [5.41, 5.74) is 0.190. The first-order chi connectivity index (χ1) is 14.8.